The number of benzene rings is 1. The van der Waals surface area contributed by atoms with Crippen molar-refractivity contribution in [3.8, 4) is 12.3 Å². The van der Waals surface area contributed by atoms with Gasteiger partial charge in [0.1, 0.15) is 0 Å². The van der Waals surface area contributed by atoms with Crippen LogP contribution in [0.2, 0.25) is 0 Å². The highest BCUT2D eigenvalue weighted by atomic mass is 16.2. The normalized spacial score (nSPS) is 14.8. The van der Waals surface area contributed by atoms with Crippen molar-refractivity contribution in [3.63, 3.8) is 0 Å². The second-order valence-corrected chi connectivity index (χ2v) is 3.56. The summed E-state index contributed by atoms with van der Waals surface area (Å²) in [4.78, 5) is 15.6. The number of nitrogens with zero attached hydrogens (tertiary/aromatic N) is 2. The lowest BCUT2D eigenvalue weighted by Crippen LogP contribution is -2.45. The third kappa shape index (κ3) is 1.55. The Balaban J connectivity index is 2.40. The Morgan fingerprint density at radius 3 is 2.93 bits per heavy atom. The molecule has 0 radical (unpaired) electrons. The summed E-state index contributed by atoms with van der Waals surface area (Å²) in [5, 5.41) is 0. The molecule has 0 atom stereocenters. The zero-order chi connectivity index (χ0) is 10.8. The van der Waals surface area contributed by atoms with Crippen molar-refractivity contribution in [1.29, 1.82) is 0 Å². The fourth-order valence-corrected chi connectivity index (χ4v) is 1.79. The number of carbonyl (C=O) groups is 1. The van der Waals surface area contributed by atoms with E-state index in [4.69, 9.17) is 6.42 Å². The highest BCUT2D eigenvalue weighted by Crippen LogP contribution is 2.25. The van der Waals surface area contributed by atoms with E-state index in [2.05, 4.69) is 5.92 Å². The maximum absolute atomic E-state index is 12.0. The number of hydrogen-bond acceptors (Lipinski definition) is 2. The molecular formula is C12H12N2O. The minimum absolute atomic E-state index is 0.0154. The molecule has 1 amide bonds. The van der Waals surface area contributed by atoms with Gasteiger partial charge >= 0.3 is 0 Å². The number of rotatable bonds is 1. The molecule has 76 valence electrons. The van der Waals surface area contributed by atoms with Crippen LogP contribution >= 0.6 is 0 Å². The van der Waals surface area contributed by atoms with Gasteiger partial charge in [-0.3, -0.25) is 4.79 Å². The average molecular weight is 200 g/mol. The zero-order valence-electron chi connectivity index (χ0n) is 8.60. The number of anilines is 1. The first-order valence-corrected chi connectivity index (χ1v) is 4.77. The maximum Gasteiger partial charge on any atom is 0.258 e. The average Bonchev–Trinajstić information content (AvgIpc) is 2.26. The molecule has 0 spiro atoms. The molecule has 1 aromatic carbocycles. The zero-order valence-corrected chi connectivity index (χ0v) is 8.60. The molecule has 0 fully saturated rings. The lowest BCUT2D eigenvalue weighted by atomic mass is 10.1. The predicted molar refractivity (Wildman–Crippen MR) is 59.6 cm³/mol. The first-order valence-electron chi connectivity index (χ1n) is 4.77. The van der Waals surface area contributed by atoms with Gasteiger partial charge in [-0.2, -0.15) is 0 Å². The number of hydrogen-bond donors (Lipinski definition) is 0. The SMILES string of the molecule is C#CCN1CN(C)c2ccccc2C1=O. The molecule has 0 bridgehead atoms. The Kier molecular flexibility index (Phi) is 2.34. The minimum Gasteiger partial charge on any atom is -0.356 e. The topological polar surface area (TPSA) is 23.6 Å². The second kappa shape index (κ2) is 3.66. The van der Waals surface area contributed by atoms with Gasteiger partial charge in [-0.05, 0) is 12.1 Å². The van der Waals surface area contributed by atoms with Crippen LogP contribution in [-0.2, 0) is 0 Å². The van der Waals surface area contributed by atoms with Crippen LogP contribution in [0.3, 0.4) is 0 Å². The Labute approximate surface area is 89.3 Å². The maximum atomic E-state index is 12.0. The Hall–Kier alpha value is -1.95. The molecule has 0 saturated heterocycles. The van der Waals surface area contributed by atoms with Gasteiger partial charge in [-0.25, -0.2) is 0 Å². The Morgan fingerprint density at radius 2 is 2.20 bits per heavy atom. The molecule has 0 aromatic heterocycles. The molecule has 0 N–H and O–H groups in total. The third-order valence-corrected chi connectivity index (χ3v) is 2.50. The van der Waals surface area contributed by atoms with Crippen LogP contribution in [0, 0.1) is 12.3 Å². The van der Waals surface area contributed by atoms with Crippen molar-refractivity contribution < 1.29 is 4.79 Å². The molecule has 1 aliphatic heterocycles. The summed E-state index contributed by atoms with van der Waals surface area (Å²) < 4.78 is 0. The van der Waals surface area contributed by atoms with Gasteiger partial charge in [0.25, 0.3) is 5.91 Å². The summed E-state index contributed by atoms with van der Waals surface area (Å²) in [5.41, 5.74) is 1.69. The molecule has 3 nitrogen and oxygen atoms in total. The van der Waals surface area contributed by atoms with Gasteiger partial charge in [-0.1, -0.05) is 18.1 Å². The number of terminal acetylenes is 1. The summed E-state index contributed by atoms with van der Waals surface area (Å²) >= 11 is 0. The van der Waals surface area contributed by atoms with E-state index in [1.54, 1.807) is 4.90 Å². The smallest absolute Gasteiger partial charge is 0.258 e. The quantitative estimate of drug-likeness (QED) is 0.635. The van der Waals surface area contributed by atoms with E-state index in [0.29, 0.717) is 13.2 Å². The van der Waals surface area contributed by atoms with Crippen molar-refractivity contribution in [2.45, 2.75) is 0 Å². The van der Waals surface area contributed by atoms with Crippen molar-refractivity contribution in [2.24, 2.45) is 0 Å². The standard InChI is InChI=1S/C12H12N2O/c1-3-8-14-9-13(2)11-7-5-4-6-10(11)12(14)15/h1,4-7H,8-9H2,2H3. The van der Waals surface area contributed by atoms with E-state index in [-0.39, 0.29) is 5.91 Å². The molecule has 2 rings (SSSR count). The van der Waals surface area contributed by atoms with Crippen LogP contribution in [-0.4, -0.2) is 31.1 Å². The van der Waals surface area contributed by atoms with Crippen LogP contribution in [0.4, 0.5) is 5.69 Å². The number of amides is 1. The predicted octanol–water partition coefficient (Wildman–Crippen LogP) is 1.17. The molecule has 1 heterocycles. The molecule has 0 aliphatic carbocycles. The summed E-state index contributed by atoms with van der Waals surface area (Å²) in [7, 11) is 1.95. The third-order valence-electron chi connectivity index (χ3n) is 2.50. The van der Waals surface area contributed by atoms with Crippen LogP contribution in [0.1, 0.15) is 10.4 Å². The van der Waals surface area contributed by atoms with Gasteiger partial charge < -0.3 is 9.80 Å². The fourth-order valence-electron chi connectivity index (χ4n) is 1.79. The van der Waals surface area contributed by atoms with Crippen LogP contribution in [0.25, 0.3) is 0 Å². The van der Waals surface area contributed by atoms with Crippen molar-refractivity contribution in [3.05, 3.63) is 29.8 Å². The van der Waals surface area contributed by atoms with E-state index in [9.17, 15) is 4.79 Å². The Bertz CT molecular complexity index is 433. The van der Waals surface area contributed by atoms with Crippen molar-refractivity contribution in [2.75, 3.05) is 25.2 Å². The van der Waals surface area contributed by atoms with E-state index < -0.39 is 0 Å². The minimum atomic E-state index is 0.0154. The molecule has 1 aliphatic rings. The number of para-hydroxylation sites is 1. The molecule has 15 heavy (non-hydrogen) atoms. The summed E-state index contributed by atoms with van der Waals surface area (Å²) in [5.74, 6) is 2.51. The van der Waals surface area contributed by atoms with Gasteiger partial charge in [-0.15, -0.1) is 6.42 Å². The number of fused-ring (bicyclic) bond motifs is 1. The van der Waals surface area contributed by atoms with Crippen molar-refractivity contribution in [1.82, 2.24) is 4.90 Å². The monoisotopic (exact) mass is 200 g/mol. The highest BCUT2D eigenvalue weighted by molar-refractivity contribution is 6.01. The fraction of sp³-hybridized carbons (Fsp3) is 0.250. The summed E-state index contributed by atoms with van der Waals surface area (Å²) in [6, 6.07) is 7.57. The summed E-state index contributed by atoms with van der Waals surface area (Å²) in [6.45, 7) is 0.914. The van der Waals surface area contributed by atoms with Crippen molar-refractivity contribution >= 4 is 11.6 Å². The van der Waals surface area contributed by atoms with Gasteiger partial charge in [0.2, 0.25) is 0 Å². The lowest BCUT2D eigenvalue weighted by Gasteiger charge is -2.34. The Morgan fingerprint density at radius 1 is 1.47 bits per heavy atom. The lowest BCUT2D eigenvalue weighted by molar-refractivity contribution is 0.0766. The van der Waals surface area contributed by atoms with Crippen LogP contribution in [0.15, 0.2) is 24.3 Å². The molecular weight excluding hydrogens is 188 g/mol. The van der Waals surface area contributed by atoms with E-state index in [1.807, 2.05) is 36.2 Å². The second-order valence-electron chi connectivity index (χ2n) is 3.56. The number of carbonyl (C=O) groups excluding carboxylic acids is 1. The van der Waals surface area contributed by atoms with E-state index in [1.165, 1.54) is 0 Å². The molecule has 3 heteroatoms. The van der Waals surface area contributed by atoms with Gasteiger partial charge in [0.15, 0.2) is 0 Å². The largest absolute Gasteiger partial charge is 0.356 e. The molecule has 0 saturated carbocycles. The molecule has 0 unspecified atom stereocenters. The van der Waals surface area contributed by atoms with E-state index in [0.717, 1.165) is 11.3 Å². The molecule has 1 aromatic rings. The summed E-state index contributed by atoms with van der Waals surface area (Å²) in [6.07, 6.45) is 5.22. The van der Waals surface area contributed by atoms with Crippen LogP contribution in [0.5, 0.6) is 0 Å². The van der Waals surface area contributed by atoms with Gasteiger partial charge in [0, 0.05) is 7.05 Å². The van der Waals surface area contributed by atoms with Crippen LogP contribution < -0.4 is 4.90 Å². The van der Waals surface area contributed by atoms with E-state index >= 15 is 0 Å². The van der Waals surface area contributed by atoms with Gasteiger partial charge in [0.05, 0.1) is 24.5 Å². The first-order chi connectivity index (χ1) is 7.24. The highest BCUT2D eigenvalue weighted by Gasteiger charge is 2.25. The first kappa shape index (κ1) is 9.60.